The average Bonchev–Trinajstić information content (AvgIpc) is 3.02. The molecule has 0 bridgehead atoms. The third kappa shape index (κ3) is 3.08. The van der Waals surface area contributed by atoms with E-state index in [1.54, 1.807) is 21.3 Å². The van der Waals surface area contributed by atoms with Gasteiger partial charge in [-0.3, -0.25) is 0 Å². The summed E-state index contributed by atoms with van der Waals surface area (Å²) in [4.78, 5) is 0. The number of hydrogen-bond acceptors (Lipinski definition) is 7. The van der Waals surface area contributed by atoms with E-state index in [-0.39, 0.29) is 6.04 Å². The van der Waals surface area contributed by atoms with E-state index in [0.29, 0.717) is 17.2 Å². The van der Waals surface area contributed by atoms with Gasteiger partial charge in [0, 0.05) is 5.56 Å². The zero-order valence-electron chi connectivity index (χ0n) is 12.5. The molecule has 1 atom stereocenters. The van der Waals surface area contributed by atoms with Crippen LogP contribution in [0.1, 0.15) is 24.4 Å². The molecule has 1 aromatic heterocycles. The molecule has 0 radical (unpaired) electrons. The van der Waals surface area contributed by atoms with Crippen LogP contribution in [0.15, 0.2) is 12.1 Å². The Hall–Kier alpha value is -1.86. The minimum Gasteiger partial charge on any atom is -0.493 e. The second kappa shape index (κ2) is 6.73. The van der Waals surface area contributed by atoms with Crippen LogP contribution in [0.2, 0.25) is 0 Å². The molecule has 0 amide bonds. The van der Waals surface area contributed by atoms with Crippen molar-refractivity contribution in [2.75, 3.05) is 21.3 Å². The minimum absolute atomic E-state index is 0.0849. The summed E-state index contributed by atoms with van der Waals surface area (Å²) in [6, 6.07) is 3.62. The monoisotopic (exact) mass is 309 g/mol. The summed E-state index contributed by atoms with van der Waals surface area (Å²) in [5.74, 6) is 1.73. The van der Waals surface area contributed by atoms with Gasteiger partial charge < -0.3 is 19.9 Å². The maximum absolute atomic E-state index is 5.98. The number of aromatic nitrogens is 2. The molecule has 0 aliphatic rings. The average molecular weight is 309 g/mol. The molecular formula is C14H19N3O3S. The zero-order chi connectivity index (χ0) is 15.4. The highest BCUT2D eigenvalue weighted by Gasteiger charge is 2.17. The Morgan fingerprint density at radius 1 is 1.10 bits per heavy atom. The van der Waals surface area contributed by atoms with Crippen LogP contribution in [0.25, 0.3) is 10.6 Å². The molecule has 0 aliphatic heterocycles. The fraction of sp³-hybridized carbons (Fsp3) is 0.429. The lowest BCUT2D eigenvalue weighted by molar-refractivity contribution is 0.324. The van der Waals surface area contributed by atoms with Gasteiger partial charge in [0.1, 0.15) is 10.0 Å². The summed E-state index contributed by atoms with van der Waals surface area (Å²) in [6.07, 6.45) is 0.823. The van der Waals surface area contributed by atoms with Gasteiger partial charge in [-0.1, -0.05) is 18.3 Å². The Morgan fingerprint density at radius 3 is 2.19 bits per heavy atom. The standard InChI is InChI=1S/C14H19N3O3S/c1-5-9(15)14-17-16-13(21-14)8-6-10(18-2)12(20-4)11(7-8)19-3/h6-7,9H,5,15H2,1-4H3. The van der Waals surface area contributed by atoms with Crippen molar-refractivity contribution in [1.82, 2.24) is 10.2 Å². The Balaban J connectivity index is 2.46. The molecule has 0 spiro atoms. The van der Waals surface area contributed by atoms with Gasteiger partial charge in [0.05, 0.1) is 27.4 Å². The van der Waals surface area contributed by atoms with Crippen LogP contribution in [0, 0.1) is 0 Å². The Labute approximate surface area is 127 Å². The van der Waals surface area contributed by atoms with Gasteiger partial charge in [0.15, 0.2) is 11.5 Å². The fourth-order valence-corrected chi connectivity index (χ4v) is 2.80. The summed E-state index contributed by atoms with van der Waals surface area (Å²) >= 11 is 1.47. The predicted octanol–water partition coefficient (Wildman–Crippen LogP) is 2.64. The molecule has 21 heavy (non-hydrogen) atoms. The molecule has 0 fully saturated rings. The smallest absolute Gasteiger partial charge is 0.203 e. The quantitative estimate of drug-likeness (QED) is 0.883. The van der Waals surface area contributed by atoms with Crippen LogP contribution in [0.3, 0.4) is 0 Å². The van der Waals surface area contributed by atoms with E-state index in [1.165, 1.54) is 11.3 Å². The molecule has 0 saturated heterocycles. The van der Waals surface area contributed by atoms with Gasteiger partial charge in [-0.25, -0.2) is 0 Å². The highest BCUT2D eigenvalue weighted by atomic mass is 32.1. The molecule has 0 saturated carbocycles. The van der Waals surface area contributed by atoms with Gasteiger partial charge in [0.2, 0.25) is 5.75 Å². The second-order valence-corrected chi connectivity index (χ2v) is 5.38. The first-order valence-electron chi connectivity index (χ1n) is 6.53. The van der Waals surface area contributed by atoms with Crippen LogP contribution >= 0.6 is 11.3 Å². The maximum Gasteiger partial charge on any atom is 0.203 e. The van der Waals surface area contributed by atoms with Crippen molar-refractivity contribution in [3.05, 3.63) is 17.1 Å². The molecule has 114 valence electrons. The molecule has 6 nitrogen and oxygen atoms in total. The van der Waals surface area contributed by atoms with Gasteiger partial charge in [-0.05, 0) is 18.6 Å². The van der Waals surface area contributed by atoms with Crippen molar-refractivity contribution >= 4 is 11.3 Å². The van der Waals surface area contributed by atoms with E-state index in [9.17, 15) is 0 Å². The normalized spacial score (nSPS) is 12.0. The van der Waals surface area contributed by atoms with Crippen LogP contribution in [0.4, 0.5) is 0 Å². The highest BCUT2D eigenvalue weighted by molar-refractivity contribution is 7.14. The summed E-state index contributed by atoms with van der Waals surface area (Å²) in [5, 5.41) is 9.94. The molecule has 2 rings (SSSR count). The first-order valence-corrected chi connectivity index (χ1v) is 7.35. The van der Waals surface area contributed by atoms with Gasteiger partial charge in [0.25, 0.3) is 0 Å². The molecule has 2 N–H and O–H groups in total. The third-order valence-electron chi connectivity index (χ3n) is 3.11. The van der Waals surface area contributed by atoms with E-state index < -0.39 is 0 Å². The van der Waals surface area contributed by atoms with Gasteiger partial charge >= 0.3 is 0 Å². The number of benzene rings is 1. The molecule has 1 unspecified atom stereocenters. The lowest BCUT2D eigenvalue weighted by Crippen LogP contribution is -2.07. The van der Waals surface area contributed by atoms with Crippen LogP contribution in [-0.4, -0.2) is 31.5 Å². The summed E-state index contributed by atoms with van der Waals surface area (Å²) in [6.45, 7) is 2.02. The topological polar surface area (TPSA) is 79.5 Å². The molecule has 1 aromatic carbocycles. The van der Waals surface area contributed by atoms with Gasteiger partial charge in [-0.15, -0.1) is 10.2 Å². The first kappa shape index (κ1) is 15.5. The number of nitrogens with two attached hydrogens (primary N) is 1. The third-order valence-corrected chi connectivity index (χ3v) is 4.21. The Bertz CT molecular complexity index is 590. The van der Waals surface area contributed by atoms with E-state index in [1.807, 2.05) is 19.1 Å². The number of nitrogens with zero attached hydrogens (tertiary/aromatic N) is 2. The zero-order valence-corrected chi connectivity index (χ0v) is 13.4. The summed E-state index contributed by atoms with van der Waals surface area (Å²) in [5.41, 5.74) is 6.84. The number of methoxy groups -OCH3 is 3. The Kier molecular flexibility index (Phi) is 4.98. The van der Waals surface area contributed by atoms with E-state index in [0.717, 1.165) is 22.0 Å². The van der Waals surface area contributed by atoms with E-state index in [4.69, 9.17) is 19.9 Å². The lowest BCUT2D eigenvalue weighted by atomic mass is 10.2. The highest BCUT2D eigenvalue weighted by Crippen LogP contribution is 2.41. The molecular weight excluding hydrogens is 290 g/mol. The van der Waals surface area contributed by atoms with Crippen molar-refractivity contribution in [2.45, 2.75) is 19.4 Å². The van der Waals surface area contributed by atoms with Crippen molar-refractivity contribution < 1.29 is 14.2 Å². The fourth-order valence-electron chi connectivity index (χ4n) is 1.88. The van der Waals surface area contributed by atoms with Crippen molar-refractivity contribution in [1.29, 1.82) is 0 Å². The molecule has 1 heterocycles. The maximum atomic E-state index is 5.98. The first-order chi connectivity index (χ1) is 10.1. The number of rotatable bonds is 6. The van der Waals surface area contributed by atoms with Crippen molar-refractivity contribution in [3.8, 4) is 27.8 Å². The van der Waals surface area contributed by atoms with Gasteiger partial charge in [-0.2, -0.15) is 0 Å². The van der Waals surface area contributed by atoms with Crippen LogP contribution < -0.4 is 19.9 Å². The molecule has 2 aromatic rings. The minimum atomic E-state index is -0.0849. The lowest BCUT2D eigenvalue weighted by Gasteiger charge is -2.13. The largest absolute Gasteiger partial charge is 0.493 e. The molecule has 0 aliphatic carbocycles. The number of ether oxygens (including phenoxy) is 3. The SMILES string of the molecule is CCC(N)c1nnc(-c2cc(OC)c(OC)c(OC)c2)s1. The van der Waals surface area contributed by atoms with Crippen LogP contribution in [-0.2, 0) is 0 Å². The van der Waals surface area contributed by atoms with E-state index in [2.05, 4.69) is 10.2 Å². The Morgan fingerprint density at radius 2 is 1.71 bits per heavy atom. The molecule has 7 heteroatoms. The number of hydrogen-bond donors (Lipinski definition) is 1. The van der Waals surface area contributed by atoms with Crippen molar-refractivity contribution in [2.24, 2.45) is 5.73 Å². The summed E-state index contributed by atoms with van der Waals surface area (Å²) in [7, 11) is 4.74. The summed E-state index contributed by atoms with van der Waals surface area (Å²) < 4.78 is 16.0. The van der Waals surface area contributed by atoms with Crippen molar-refractivity contribution in [3.63, 3.8) is 0 Å². The van der Waals surface area contributed by atoms with Crippen LogP contribution in [0.5, 0.6) is 17.2 Å². The predicted molar refractivity (Wildman–Crippen MR) is 82.2 cm³/mol. The second-order valence-electron chi connectivity index (χ2n) is 4.37. The van der Waals surface area contributed by atoms with E-state index >= 15 is 0 Å².